The maximum atomic E-state index is 13.4. The number of aryl methyl sites for hydroxylation is 1. The number of halogens is 1. The summed E-state index contributed by atoms with van der Waals surface area (Å²) in [7, 11) is -3.95. The summed E-state index contributed by atoms with van der Waals surface area (Å²) in [6.45, 7) is 5.70. The first-order valence-electron chi connectivity index (χ1n) is 8.91. The Labute approximate surface area is 169 Å². The molecule has 0 saturated heterocycles. The van der Waals surface area contributed by atoms with Gasteiger partial charge >= 0.3 is 0 Å². The third-order valence-corrected chi connectivity index (χ3v) is 5.92. The topological polar surface area (TPSA) is 63.2 Å². The van der Waals surface area contributed by atoms with Crippen molar-refractivity contribution in [3.8, 4) is 0 Å². The second-order valence-electron chi connectivity index (χ2n) is 6.64. The van der Waals surface area contributed by atoms with Crippen LogP contribution in [0.1, 0.15) is 27.5 Å². The van der Waals surface area contributed by atoms with Gasteiger partial charge in [0.05, 0.1) is 10.9 Å². The molecule has 6 heteroatoms. The summed E-state index contributed by atoms with van der Waals surface area (Å²) in [5.41, 5.74) is 1.76. The van der Waals surface area contributed by atoms with Gasteiger partial charge in [-0.1, -0.05) is 66.7 Å². The lowest BCUT2D eigenvalue weighted by Crippen LogP contribution is -2.32. The molecule has 3 aromatic carbocycles. The highest BCUT2D eigenvalue weighted by atomic mass is 32.2. The molecule has 4 nitrogen and oxygen atoms in total. The van der Waals surface area contributed by atoms with Gasteiger partial charge < -0.3 is 0 Å². The fourth-order valence-corrected chi connectivity index (χ4v) is 4.06. The van der Waals surface area contributed by atoms with Crippen molar-refractivity contribution in [2.24, 2.45) is 0 Å². The first-order valence-corrected chi connectivity index (χ1v) is 10.4. The van der Waals surface area contributed by atoms with Crippen LogP contribution in [-0.4, -0.2) is 14.2 Å². The van der Waals surface area contributed by atoms with Crippen LogP contribution in [0.5, 0.6) is 0 Å². The van der Waals surface area contributed by atoms with E-state index in [1.54, 1.807) is 42.5 Å². The van der Waals surface area contributed by atoms with E-state index in [1.807, 2.05) is 6.92 Å². The molecule has 3 rings (SSSR count). The first kappa shape index (κ1) is 20.6. The van der Waals surface area contributed by atoms with Gasteiger partial charge in [-0.2, -0.15) is 4.72 Å². The van der Waals surface area contributed by atoms with Gasteiger partial charge in [0.25, 0.3) is 0 Å². The van der Waals surface area contributed by atoms with Crippen molar-refractivity contribution < 1.29 is 17.6 Å². The summed E-state index contributed by atoms with van der Waals surface area (Å²) in [5.74, 6) is -0.861. The largest absolute Gasteiger partial charge is 0.289 e. The number of benzene rings is 3. The summed E-state index contributed by atoms with van der Waals surface area (Å²) >= 11 is 0. The average molecular weight is 409 g/mol. The number of hydrogen-bond acceptors (Lipinski definition) is 3. The molecule has 0 bridgehead atoms. The van der Waals surface area contributed by atoms with Gasteiger partial charge in [-0.15, -0.1) is 0 Å². The molecule has 148 valence electrons. The van der Waals surface area contributed by atoms with Crippen LogP contribution in [0.3, 0.4) is 0 Å². The van der Waals surface area contributed by atoms with E-state index in [0.717, 1.165) is 5.56 Å². The number of nitrogens with one attached hydrogen (secondary N) is 1. The molecule has 29 heavy (non-hydrogen) atoms. The van der Waals surface area contributed by atoms with Crippen LogP contribution < -0.4 is 4.72 Å². The highest BCUT2D eigenvalue weighted by Crippen LogP contribution is 2.26. The lowest BCUT2D eigenvalue weighted by molar-refractivity contribution is 0.102. The zero-order valence-electron chi connectivity index (χ0n) is 15.8. The Morgan fingerprint density at radius 1 is 0.931 bits per heavy atom. The number of hydrogen-bond donors (Lipinski definition) is 1. The number of sulfonamides is 1. The SMILES string of the molecule is C=C(C(=O)c1ccccc1)C(NS(=O)(=O)c1ccc(C)cc1)c1ccc(F)cc1. The molecular weight excluding hydrogens is 389 g/mol. The van der Waals surface area contributed by atoms with E-state index in [4.69, 9.17) is 0 Å². The molecule has 0 saturated carbocycles. The van der Waals surface area contributed by atoms with E-state index >= 15 is 0 Å². The van der Waals surface area contributed by atoms with Crippen molar-refractivity contribution >= 4 is 15.8 Å². The minimum atomic E-state index is -3.95. The molecule has 0 aromatic heterocycles. The fraction of sp³-hybridized carbons (Fsp3) is 0.0870. The average Bonchev–Trinajstić information content (AvgIpc) is 2.73. The van der Waals surface area contributed by atoms with Crippen molar-refractivity contribution in [2.45, 2.75) is 17.9 Å². The Morgan fingerprint density at radius 3 is 2.10 bits per heavy atom. The van der Waals surface area contributed by atoms with Crippen LogP contribution in [0, 0.1) is 12.7 Å². The Kier molecular flexibility index (Phi) is 6.06. The normalized spacial score (nSPS) is 12.3. The molecule has 1 unspecified atom stereocenters. The minimum absolute atomic E-state index is 0.0403. The minimum Gasteiger partial charge on any atom is -0.289 e. The lowest BCUT2D eigenvalue weighted by Gasteiger charge is -2.21. The number of carbonyl (C=O) groups is 1. The fourth-order valence-electron chi connectivity index (χ4n) is 2.84. The number of carbonyl (C=O) groups excluding carboxylic acids is 1. The Morgan fingerprint density at radius 2 is 1.52 bits per heavy atom. The maximum Gasteiger partial charge on any atom is 0.241 e. The molecule has 0 fully saturated rings. The first-order chi connectivity index (χ1) is 13.8. The predicted octanol–water partition coefficient (Wildman–Crippen LogP) is 4.59. The zero-order chi connectivity index (χ0) is 21.0. The Balaban J connectivity index is 1.99. The van der Waals surface area contributed by atoms with Gasteiger partial charge in [0.1, 0.15) is 5.82 Å². The van der Waals surface area contributed by atoms with Crippen LogP contribution in [-0.2, 0) is 10.0 Å². The predicted molar refractivity (Wildman–Crippen MR) is 111 cm³/mol. The second-order valence-corrected chi connectivity index (χ2v) is 8.35. The van der Waals surface area contributed by atoms with Gasteiger partial charge in [0.2, 0.25) is 10.0 Å². The maximum absolute atomic E-state index is 13.4. The van der Waals surface area contributed by atoms with E-state index in [9.17, 15) is 17.6 Å². The summed E-state index contributed by atoms with van der Waals surface area (Å²) in [6, 6.07) is 19.0. The molecule has 3 aromatic rings. The molecule has 0 heterocycles. The van der Waals surface area contributed by atoms with E-state index in [-0.39, 0.29) is 10.5 Å². The smallest absolute Gasteiger partial charge is 0.241 e. The van der Waals surface area contributed by atoms with Crippen LogP contribution in [0.15, 0.2) is 95.9 Å². The summed E-state index contributed by atoms with van der Waals surface area (Å²) in [6.07, 6.45) is 0. The molecule has 1 N–H and O–H groups in total. The van der Waals surface area contributed by atoms with Crippen LogP contribution in [0.2, 0.25) is 0 Å². The molecule has 0 aliphatic rings. The summed E-state index contributed by atoms with van der Waals surface area (Å²) < 4.78 is 41.8. The van der Waals surface area contributed by atoms with Gasteiger partial charge in [-0.3, -0.25) is 4.79 Å². The summed E-state index contributed by atoms with van der Waals surface area (Å²) in [5, 5.41) is 0. The third kappa shape index (κ3) is 4.85. The molecule has 0 aliphatic heterocycles. The van der Waals surface area contributed by atoms with Crippen LogP contribution in [0.25, 0.3) is 0 Å². The summed E-state index contributed by atoms with van der Waals surface area (Å²) in [4.78, 5) is 12.9. The van der Waals surface area contributed by atoms with Crippen LogP contribution in [0.4, 0.5) is 4.39 Å². The van der Waals surface area contributed by atoms with Crippen molar-refractivity contribution in [1.29, 1.82) is 0 Å². The van der Waals surface area contributed by atoms with E-state index in [2.05, 4.69) is 11.3 Å². The highest BCUT2D eigenvalue weighted by Gasteiger charge is 2.27. The highest BCUT2D eigenvalue weighted by molar-refractivity contribution is 7.89. The quantitative estimate of drug-likeness (QED) is 0.458. The Hall–Kier alpha value is -3.09. The molecule has 1 atom stereocenters. The molecule has 0 radical (unpaired) electrons. The molecule has 0 aliphatic carbocycles. The standard InChI is InChI=1S/C23H20FNO3S/c1-16-8-14-21(15-9-16)29(27,28)25-22(18-10-12-20(24)13-11-18)17(2)23(26)19-6-4-3-5-7-19/h3-15,22,25H,2H2,1H3. The lowest BCUT2D eigenvalue weighted by atomic mass is 9.94. The van der Waals surface area contributed by atoms with E-state index < -0.39 is 27.7 Å². The molecular formula is C23H20FNO3S. The molecule has 0 amide bonds. The van der Waals surface area contributed by atoms with Crippen LogP contribution >= 0.6 is 0 Å². The number of ketones is 1. The Bertz CT molecular complexity index is 1120. The van der Waals surface area contributed by atoms with Crippen molar-refractivity contribution in [3.63, 3.8) is 0 Å². The van der Waals surface area contributed by atoms with Gasteiger partial charge in [0.15, 0.2) is 5.78 Å². The number of rotatable bonds is 7. The second kappa shape index (κ2) is 8.51. The third-order valence-electron chi connectivity index (χ3n) is 4.48. The van der Waals surface area contributed by atoms with Gasteiger partial charge in [-0.25, -0.2) is 12.8 Å². The van der Waals surface area contributed by atoms with Crippen molar-refractivity contribution in [1.82, 2.24) is 4.72 Å². The number of Topliss-reactive ketones (excluding diaryl/α,β-unsaturated/α-hetero) is 1. The monoisotopic (exact) mass is 409 g/mol. The van der Waals surface area contributed by atoms with Crippen molar-refractivity contribution in [2.75, 3.05) is 0 Å². The van der Waals surface area contributed by atoms with E-state index in [1.165, 1.54) is 36.4 Å². The molecule has 0 spiro atoms. The van der Waals surface area contributed by atoms with Gasteiger partial charge in [-0.05, 0) is 36.8 Å². The zero-order valence-corrected chi connectivity index (χ0v) is 16.6. The van der Waals surface area contributed by atoms with Gasteiger partial charge in [0, 0.05) is 11.1 Å². The van der Waals surface area contributed by atoms with Crippen molar-refractivity contribution in [3.05, 3.63) is 114 Å². The van der Waals surface area contributed by atoms with E-state index in [0.29, 0.717) is 11.1 Å².